The average Bonchev–Trinajstić information content (AvgIpc) is 3.67. The van der Waals surface area contributed by atoms with E-state index in [1.165, 1.54) is 0 Å². The Morgan fingerprint density at radius 2 is 1.46 bits per heavy atom. The zero-order valence-electron chi connectivity index (χ0n) is 35.9. The Morgan fingerprint density at radius 1 is 0.889 bits per heavy atom. The first-order chi connectivity index (χ1) is 25.3. The van der Waals surface area contributed by atoms with Crippen LogP contribution in [0.5, 0.6) is 5.75 Å². The normalized spacial score (nSPS) is 28.5. The van der Waals surface area contributed by atoms with Crippen LogP contribution in [0.15, 0.2) is 35.9 Å². The van der Waals surface area contributed by atoms with Crippen LogP contribution in [0.3, 0.4) is 0 Å². The number of methoxy groups -OCH3 is 1. The molecular formula is C43H70O8Si3. The molecule has 0 radical (unpaired) electrons. The fraction of sp³-hybridized carbons (Fsp3) is 0.721. The Balaban J connectivity index is 2.01. The maximum atomic E-state index is 12.7. The second-order valence-corrected chi connectivity index (χ2v) is 31.5. The highest BCUT2D eigenvalue weighted by Gasteiger charge is 2.61. The predicted octanol–water partition coefficient (Wildman–Crippen LogP) is 9.35. The molecule has 0 aromatic heterocycles. The second kappa shape index (κ2) is 17.4. The maximum Gasteiger partial charge on any atom is 0.194 e. The number of rotatable bonds is 17. The lowest BCUT2D eigenvalue weighted by molar-refractivity contribution is -0.157. The van der Waals surface area contributed by atoms with E-state index >= 15 is 0 Å². The summed E-state index contributed by atoms with van der Waals surface area (Å²) in [6, 6.07) is 13.3. The molecule has 1 aromatic carbocycles. The Morgan fingerprint density at radius 3 is 1.96 bits per heavy atom. The first kappa shape index (κ1) is 45.0. The van der Waals surface area contributed by atoms with E-state index in [4.69, 9.17) is 32.2 Å². The van der Waals surface area contributed by atoms with Crippen molar-refractivity contribution in [3.05, 3.63) is 41.5 Å². The number of aliphatic hydroxyl groups excluding tert-OH is 1. The van der Waals surface area contributed by atoms with Crippen LogP contribution in [-0.4, -0.2) is 85.2 Å². The topological polar surface area (TPSA) is 84.8 Å². The van der Waals surface area contributed by atoms with Gasteiger partial charge < -0.3 is 37.3 Å². The van der Waals surface area contributed by atoms with Gasteiger partial charge in [-0.3, -0.25) is 0 Å². The molecule has 1 fully saturated rings. The van der Waals surface area contributed by atoms with Gasteiger partial charge in [-0.2, -0.15) is 0 Å². The first-order valence-corrected chi connectivity index (χ1v) is 28.3. The van der Waals surface area contributed by atoms with Gasteiger partial charge in [-0.15, -0.1) is 0 Å². The SMILES string of the molecule is CC[Si](CC)(CC)O[C@@]12C(=C[C@H](O[Si](C)(C)C(C)(C)C)[C@H]1OCc1ccc(OC)cc1)C#C[C@@](O[Si](CC)(CC)CC)([C@H]1COC(C)(C)O1)CC#C[C@H]2O. The zero-order chi connectivity index (χ0) is 40.2. The van der Waals surface area contributed by atoms with Crippen molar-refractivity contribution in [2.24, 2.45) is 0 Å². The summed E-state index contributed by atoms with van der Waals surface area (Å²) >= 11 is 0. The molecule has 1 saturated heterocycles. The summed E-state index contributed by atoms with van der Waals surface area (Å²) in [7, 11) is -5.47. The van der Waals surface area contributed by atoms with Gasteiger partial charge in [0.2, 0.25) is 0 Å². The molecule has 0 amide bonds. The standard InChI is InChI=1S/C43H70O8Si3/c1-15-53(16-2,17-3)50-42(38-32-47-41(10,11)48-38)28-21-22-37(44)43(51-54(18-4,19-5)20-6)34(27-29-42)30-36(49-52(13,14)40(7,8)9)39(43)46-31-33-23-25-35(45-12)26-24-33/h23-26,30,36-39,44H,15-20,28,31-32H2,1-14H3/t36-,37+,38+,39+,42+,43+/m0/s1. The van der Waals surface area contributed by atoms with Gasteiger partial charge in [-0.1, -0.05) is 98.1 Å². The summed E-state index contributed by atoms with van der Waals surface area (Å²) in [4.78, 5) is 0. The molecule has 2 aliphatic carbocycles. The molecule has 302 valence electrons. The van der Waals surface area contributed by atoms with Crippen LogP contribution in [0, 0.1) is 23.7 Å². The molecule has 1 aliphatic heterocycles. The third-order valence-corrected chi connectivity index (χ3v) is 26.7. The minimum absolute atomic E-state index is 0.0814. The van der Waals surface area contributed by atoms with E-state index in [0.717, 1.165) is 47.6 Å². The quantitative estimate of drug-likeness (QED) is 0.123. The summed E-state index contributed by atoms with van der Waals surface area (Å²) in [6.07, 6.45) is -0.659. The Hall–Kier alpha value is -1.75. The van der Waals surface area contributed by atoms with Crippen molar-refractivity contribution in [1.29, 1.82) is 0 Å². The van der Waals surface area contributed by atoms with E-state index in [1.807, 2.05) is 38.1 Å². The van der Waals surface area contributed by atoms with Crippen LogP contribution in [0.4, 0.5) is 0 Å². The molecule has 11 heteroatoms. The van der Waals surface area contributed by atoms with E-state index in [2.05, 4.69) is 105 Å². The molecule has 3 aliphatic rings. The molecule has 1 N–H and O–H groups in total. The Labute approximate surface area is 330 Å². The molecule has 1 heterocycles. The van der Waals surface area contributed by atoms with Gasteiger partial charge in [0.15, 0.2) is 41.9 Å². The van der Waals surface area contributed by atoms with Crippen LogP contribution in [0.2, 0.25) is 54.4 Å². The largest absolute Gasteiger partial charge is 0.497 e. The molecule has 0 unspecified atom stereocenters. The molecule has 6 atom stereocenters. The van der Waals surface area contributed by atoms with Crippen LogP contribution >= 0.6 is 0 Å². The van der Waals surface area contributed by atoms with Crippen molar-refractivity contribution >= 4 is 25.0 Å². The molecule has 0 saturated carbocycles. The summed E-state index contributed by atoms with van der Waals surface area (Å²) in [5, 5.41) is 12.6. The number of aliphatic hydroxyl groups is 1. The minimum atomic E-state index is -2.47. The Bertz CT molecular complexity index is 1550. The third kappa shape index (κ3) is 9.18. The van der Waals surface area contributed by atoms with E-state index < -0.39 is 66.4 Å². The minimum Gasteiger partial charge on any atom is -0.497 e. The fourth-order valence-electron chi connectivity index (χ4n) is 7.65. The number of hydrogen-bond acceptors (Lipinski definition) is 8. The molecule has 4 rings (SSSR count). The van der Waals surface area contributed by atoms with Crippen LogP contribution in [-0.2, 0) is 34.1 Å². The van der Waals surface area contributed by atoms with Crippen molar-refractivity contribution in [3.63, 3.8) is 0 Å². The van der Waals surface area contributed by atoms with Crippen molar-refractivity contribution < 1.29 is 37.3 Å². The summed E-state index contributed by atoms with van der Waals surface area (Å²) in [5.74, 6) is 14.0. The highest BCUT2D eigenvalue weighted by atomic mass is 28.4. The van der Waals surface area contributed by atoms with E-state index in [0.29, 0.717) is 12.2 Å². The van der Waals surface area contributed by atoms with Crippen molar-refractivity contribution in [3.8, 4) is 29.4 Å². The molecule has 0 bridgehead atoms. The lowest BCUT2D eigenvalue weighted by Crippen LogP contribution is -2.62. The molecule has 0 spiro atoms. The van der Waals surface area contributed by atoms with Crippen LogP contribution in [0.25, 0.3) is 0 Å². The number of fused-ring (bicyclic) bond motifs is 1. The summed E-state index contributed by atoms with van der Waals surface area (Å²) in [6.45, 7) is 28.9. The van der Waals surface area contributed by atoms with E-state index in [9.17, 15) is 5.11 Å². The summed E-state index contributed by atoms with van der Waals surface area (Å²) in [5.41, 5.74) is -0.869. The van der Waals surface area contributed by atoms with E-state index in [-0.39, 0.29) is 18.1 Å². The van der Waals surface area contributed by atoms with Gasteiger partial charge in [0, 0.05) is 5.57 Å². The lowest BCUT2D eigenvalue weighted by atomic mass is 9.86. The van der Waals surface area contributed by atoms with Gasteiger partial charge in [0.05, 0.1) is 32.8 Å². The highest BCUT2D eigenvalue weighted by Crippen LogP contribution is 2.48. The third-order valence-electron chi connectivity index (χ3n) is 12.9. The number of ether oxygens (including phenoxy) is 4. The second-order valence-electron chi connectivity index (χ2n) is 17.3. The molecular weight excluding hydrogens is 729 g/mol. The zero-order valence-corrected chi connectivity index (χ0v) is 38.9. The predicted molar refractivity (Wildman–Crippen MR) is 225 cm³/mol. The smallest absolute Gasteiger partial charge is 0.194 e. The van der Waals surface area contributed by atoms with E-state index in [1.54, 1.807) is 7.11 Å². The lowest BCUT2D eigenvalue weighted by Gasteiger charge is -2.47. The van der Waals surface area contributed by atoms with Crippen LogP contribution in [0.1, 0.15) is 88.1 Å². The molecule has 8 nitrogen and oxygen atoms in total. The first-order valence-electron chi connectivity index (χ1n) is 20.3. The van der Waals surface area contributed by atoms with Gasteiger partial charge in [0.25, 0.3) is 0 Å². The summed E-state index contributed by atoms with van der Waals surface area (Å²) < 4.78 is 47.5. The Kier molecular flexibility index (Phi) is 14.5. The monoisotopic (exact) mass is 798 g/mol. The average molecular weight is 799 g/mol. The van der Waals surface area contributed by atoms with Gasteiger partial charge in [0.1, 0.15) is 24.1 Å². The van der Waals surface area contributed by atoms with Crippen molar-refractivity contribution in [1.82, 2.24) is 0 Å². The number of hydrogen-bond donors (Lipinski definition) is 1. The van der Waals surface area contributed by atoms with Crippen molar-refractivity contribution in [2.45, 2.75) is 185 Å². The highest BCUT2D eigenvalue weighted by molar-refractivity contribution is 6.74. The number of benzene rings is 1. The van der Waals surface area contributed by atoms with Gasteiger partial charge >= 0.3 is 0 Å². The van der Waals surface area contributed by atoms with Crippen molar-refractivity contribution in [2.75, 3.05) is 13.7 Å². The molecule has 1 aromatic rings. The van der Waals surface area contributed by atoms with Crippen LogP contribution < -0.4 is 4.74 Å². The fourth-order valence-corrected chi connectivity index (χ4v) is 14.8. The van der Waals surface area contributed by atoms with Gasteiger partial charge in [-0.05, 0) is 92.0 Å². The maximum absolute atomic E-state index is 12.7. The molecule has 54 heavy (non-hydrogen) atoms. The van der Waals surface area contributed by atoms with Gasteiger partial charge in [-0.25, -0.2) is 0 Å².